The fourth-order valence-corrected chi connectivity index (χ4v) is 2.71. The van der Waals surface area contributed by atoms with E-state index in [0.717, 1.165) is 6.26 Å². The first kappa shape index (κ1) is 18.2. The summed E-state index contributed by atoms with van der Waals surface area (Å²) in [4.78, 5) is 11.8. The Labute approximate surface area is 147 Å². The number of anilines is 2. The summed E-state index contributed by atoms with van der Waals surface area (Å²) in [6.07, 6.45) is 3.86. The molecule has 0 unspecified atom stereocenters. The number of rotatable bonds is 5. The molecule has 0 spiro atoms. The molecule has 126 valence electrons. The van der Waals surface area contributed by atoms with Gasteiger partial charge < -0.3 is 5.32 Å². The van der Waals surface area contributed by atoms with E-state index in [9.17, 15) is 17.6 Å². The zero-order chi connectivity index (χ0) is 17.7. The molecule has 24 heavy (non-hydrogen) atoms. The van der Waals surface area contributed by atoms with Crippen LogP contribution in [0, 0.1) is 5.82 Å². The van der Waals surface area contributed by atoms with Crippen molar-refractivity contribution in [3.63, 3.8) is 0 Å². The molecule has 0 saturated carbocycles. The van der Waals surface area contributed by atoms with E-state index in [1.807, 2.05) is 0 Å². The predicted molar refractivity (Wildman–Crippen MR) is 96.7 cm³/mol. The minimum atomic E-state index is -3.33. The monoisotopic (exact) mass is 412 g/mol. The van der Waals surface area contributed by atoms with Crippen molar-refractivity contribution < 1.29 is 17.6 Å². The Morgan fingerprint density at radius 3 is 2.42 bits per heavy atom. The zero-order valence-corrected chi connectivity index (χ0v) is 15.0. The van der Waals surface area contributed by atoms with E-state index >= 15 is 0 Å². The number of halogens is 2. The predicted octanol–water partition coefficient (Wildman–Crippen LogP) is 3.61. The van der Waals surface area contributed by atoms with Gasteiger partial charge in [-0.1, -0.05) is 28.1 Å². The standard InChI is InChI=1S/C16H14BrFN2O3S/c1-24(22,23)20-13-6-2-11(3-7-13)4-9-16(21)19-15-8-5-12(17)10-14(15)18/h2-10,20H,1H3,(H,19,21)/b9-4+. The van der Waals surface area contributed by atoms with Crippen LogP contribution in [-0.4, -0.2) is 20.6 Å². The van der Waals surface area contributed by atoms with Crippen LogP contribution in [0.5, 0.6) is 0 Å². The molecule has 0 radical (unpaired) electrons. The van der Waals surface area contributed by atoms with Crippen molar-refractivity contribution in [3.8, 4) is 0 Å². The summed E-state index contributed by atoms with van der Waals surface area (Å²) in [5, 5.41) is 2.44. The molecular formula is C16H14BrFN2O3S. The van der Waals surface area contributed by atoms with Crippen LogP contribution in [0.4, 0.5) is 15.8 Å². The Bertz CT molecular complexity index is 881. The summed E-state index contributed by atoms with van der Waals surface area (Å²) in [7, 11) is -3.33. The van der Waals surface area contributed by atoms with E-state index in [1.54, 1.807) is 30.3 Å². The number of sulfonamides is 1. The van der Waals surface area contributed by atoms with Crippen LogP contribution in [0.1, 0.15) is 5.56 Å². The van der Waals surface area contributed by atoms with Crippen LogP contribution in [0.3, 0.4) is 0 Å². The third-order valence-corrected chi connectivity index (χ3v) is 3.93. The van der Waals surface area contributed by atoms with E-state index in [1.165, 1.54) is 24.3 Å². The van der Waals surface area contributed by atoms with Gasteiger partial charge in [0.2, 0.25) is 15.9 Å². The lowest BCUT2D eigenvalue weighted by atomic mass is 10.2. The Morgan fingerprint density at radius 1 is 1.17 bits per heavy atom. The van der Waals surface area contributed by atoms with Gasteiger partial charge in [-0.25, -0.2) is 12.8 Å². The number of amides is 1. The van der Waals surface area contributed by atoms with Gasteiger partial charge in [0.05, 0.1) is 11.9 Å². The second-order valence-corrected chi connectivity index (χ2v) is 7.61. The molecule has 5 nitrogen and oxygen atoms in total. The van der Waals surface area contributed by atoms with E-state index in [4.69, 9.17) is 0 Å². The van der Waals surface area contributed by atoms with Gasteiger partial charge in [0.15, 0.2) is 0 Å². The molecule has 0 bridgehead atoms. The number of benzene rings is 2. The number of carbonyl (C=O) groups excluding carboxylic acids is 1. The molecule has 0 aromatic heterocycles. The Kier molecular flexibility index (Phi) is 5.74. The molecule has 0 atom stereocenters. The summed E-state index contributed by atoms with van der Waals surface area (Å²) in [6, 6.07) is 10.8. The third-order valence-electron chi connectivity index (χ3n) is 2.83. The quantitative estimate of drug-likeness (QED) is 0.736. The van der Waals surface area contributed by atoms with E-state index < -0.39 is 21.7 Å². The summed E-state index contributed by atoms with van der Waals surface area (Å²) >= 11 is 3.14. The smallest absolute Gasteiger partial charge is 0.248 e. The average molecular weight is 413 g/mol. The van der Waals surface area contributed by atoms with E-state index in [0.29, 0.717) is 15.7 Å². The maximum absolute atomic E-state index is 13.6. The molecule has 2 rings (SSSR count). The minimum absolute atomic E-state index is 0.0838. The lowest BCUT2D eigenvalue weighted by Crippen LogP contribution is -2.09. The summed E-state index contributed by atoms with van der Waals surface area (Å²) < 4.78 is 38.8. The maximum Gasteiger partial charge on any atom is 0.248 e. The average Bonchev–Trinajstić information content (AvgIpc) is 2.48. The molecule has 0 fully saturated rings. The lowest BCUT2D eigenvalue weighted by Gasteiger charge is -2.04. The van der Waals surface area contributed by atoms with Crippen molar-refractivity contribution in [2.24, 2.45) is 0 Å². The first-order valence-electron chi connectivity index (χ1n) is 6.75. The van der Waals surface area contributed by atoms with Gasteiger partial charge in [-0.05, 0) is 42.0 Å². The van der Waals surface area contributed by atoms with Crippen LogP contribution in [0.25, 0.3) is 6.08 Å². The number of carbonyl (C=O) groups is 1. The van der Waals surface area contributed by atoms with Crippen LogP contribution in [0.15, 0.2) is 53.0 Å². The first-order chi connectivity index (χ1) is 11.2. The largest absolute Gasteiger partial charge is 0.320 e. The molecule has 8 heteroatoms. The van der Waals surface area contributed by atoms with Gasteiger partial charge >= 0.3 is 0 Å². The Balaban J connectivity index is 2.01. The highest BCUT2D eigenvalue weighted by Gasteiger charge is 2.05. The molecular weight excluding hydrogens is 399 g/mol. The van der Waals surface area contributed by atoms with Crippen molar-refractivity contribution in [2.45, 2.75) is 0 Å². The minimum Gasteiger partial charge on any atom is -0.320 e. The Morgan fingerprint density at radius 2 is 1.83 bits per heavy atom. The van der Waals surface area contributed by atoms with Crippen LogP contribution < -0.4 is 10.0 Å². The highest BCUT2D eigenvalue weighted by Crippen LogP contribution is 2.19. The van der Waals surface area contributed by atoms with Gasteiger partial charge in [0.1, 0.15) is 5.82 Å². The molecule has 1 amide bonds. The van der Waals surface area contributed by atoms with Crippen molar-refractivity contribution in [1.82, 2.24) is 0 Å². The third kappa shape index (κ3) is 5.78. The summed E-state index contributed by atoms with van der Waals surface area (Å²) in [5.74, 6) is -1.02. The fraction of sp³-hybridized carbons (Fsp3) is 0.0625. The van der Waals surface area contributed by atoms with Crippen LogP contribution in [0.2, 0.25) is 0 Å². The molecule has 0 aliphatic heterocycles. The second-order valence-electron chi connectivity index (χ2n) is 4.94. The van der Waals surface area contributed by atoms with Gasteiger partial charge in [-0.15, -0.1) is 0 Å². The van der Waals surface area contributed by atoms with Crippen molar-refractivity contribution in [1.29, 1.82) is 0 Å². The van der Waals surface area contributed by atoms with Crippen molar-refractivity contribution in [2.75, 3.05) is 16.3 Å². The van der Waals surface area contributed by atoms with Gasteiger partial charge in [0, 0.05) is 16.2 Å². The highest BCUT2D eigenvalue weighted by molar-refractivity contribution is 9.10. The second kappa shape index (κ2) is 7.59. The molecule has 2 aromatic carbocycles. The lowest BCUT2D eigenvalue weighted by molar-refractivity contribution is -0.111. The molecule has 0 saturated heterocycles. The first-order valence-corrected chi connectivity index (χ1v) is 9.43. The SMILES string of the molecule is CS(=O)(=O)Nc1ccc(/C=C/C(=O)Nc2ccc(Br)cc2F)cc1. The molecule has 2 aromatic rings. The summed E-state index contributed by atoms with van der Waals surface area (Å²) in [6.45, 7) is 0. The number of hydrogen-bond acceptors (Lipinski definition) is 3. The molecule has 0 aliphatic rings. The van der Waals surface area contributed by atoms with Crippen molar-refractivity contribution >= 4 is 49.3 Å². The molecule has 2 N–H and O–H groups in total. The Hall–Kier alpha value is -2.19. The van der Waals surface area contributed by atoms with Crippen LogP contribution in [-0.2, 0) is 14.8 Å². The van der Waals surface area contributed by atoms with Crippen molar-refractivity contribution in [3.05, 3.63) is 64.4 Å². The van der Waals surface area contributed by atoms with Gasteiger partial charge in [-0.3, -0.25) is 9.52 Å². The number of nitrogens with one attached hydrogen (secondary N) is 2. The zero-order valence-electron chi connectivity index (χ0n) is 12.6. The van der Waals surface area contributed by atoms with Gasteiger partial charge in [-0.2, -0.15) is 0 Å². The highest BCUT2D eigenvalue weighted by atomic mass is 79.9. The van der Waals surface area contributed by atoms with E-state index in [2.05, 4.69) is 26.0 Å². The molecule has 0 aliphatic carbocycles. The van der Waals surface area contributed by atoms with Gasteiger partial charge in [0.25, 0.3) is 0 Å². The summed E-state index contributed by atoms with van der Waals surface area (Å²) in [5.41, 5.74) is 1.21. The normalized spacial score (nSPS) is 11.5. The number of hydrogen-bond donors (Lipinski definition) is 2. The topological polar surface area (TPSA) is 75.3 Å². The fourth-order valence-electron chi connectivity index (χ4n) is 1.81. The van der Waals surface area contributed by atoms with E-state index in [-0.39, 0.29) is 5.69 Å². The molecule has 0 heterocycles. The van der Waals surface area contributed by atoms with Crippen LogP contribution >= 0.6 is 15.9 Å². The maximum atomic E-state index is 13.6.